The van der Waals surface area contributed by atoms with E-state index in [1.54, 1.807) is 0 Å². The van der Waals surface area contributed by atoms with Crippen molar-refractivity contribution in [3.63, 3.8) is 0 Å². The summed E-state index contributed by atoms with van der Waals surface area (Å²) < 4.78 is 118. The van der Waals surface area contributed by atoms with Crippen LogP contribution in [-0.4, -0.2) is 65.2 Å². The molecule has 3 atom stereocenters. The van der Waals surface area contributed by atoms with Gasteiger partial charge in [-0.05, 0) is 23.1 Å². The Balaban J connectivity index is 0.0000108. The summed E-state index contributed by atoms with van der Waals surface area (Å²) >= 11 is 0. The molecule has 305 valence electrons. The molecule has 0 saturated heterocycles. The van der Waals surface area contributed by atoms with Crippen molar-refractivity contribution < 1.29 is 128 Å². The van der Waals surface area contributed by atoms with E-state index in [2.05, 4.69) is 10.6 Å². The predicted octanol–water partition coefficient (Wildman–Crippen LogP) is 3.27. The minimum atomic E-state index is -5.96. The summed E-state index contributed by atoms with van der Waals surface area (Å²) in [6, 6.07) is 4.42. The topological polar surface area (TPSA) is 298 Å². The van der Waals surface area contributed by atoms with Crippen LogP contribution in [0.4, 0.5) is 26.3 Å². The average Bonchev–Trinajstić information content (AvgIpc) is 3.06. The van der Waals surface area contributed by atoms with E-state index < -0.39 is 112 Å². The van der Waals surface area contributed by atoms with Crippen LogP contribution >= 0.6 is 22.8 Å². The Kier molecular flexibility index (Phi) is 16.5. The van der Waals surface area contributed by atoms with Crippen molar-refractivity contribution in [1.29, 1.82) is 0 Å². The van der Waals surface area contributed by atoms with Crippen LogP contribution in [0.25, 0.3) is 5.73 Å². The molecule has 11 N–H and O–H groups in total. The van der Waals surface area contributed by atoms with Gasteiger partial charge in [0.15, 0.2) is 0 Å². The van der Waals surface area contributed by atoms with Crippen LogP contribution in [0.1, 0.15) is 33.4 Å². The molecule has 0 bridgehead atoms. The molecule has 3 aromatic rings. The van der Waals surface area contributed by atoms with Gasteiger partial charge in [0.25, 0.3) is 0 Å². The number of primary amides is 1. The summed E-state index contributed by atoms with van der Waals surface area (Å²) in [5.41, 5.74) is -3.16. The van der Waals surface area contributed by atoms with E-state index in [0.29, 0.717) is 36.4 Å². The molecule has 0 aliphatic heterocycles. The maximum absolute atomic E-state index is 14.2. The van der Waals surface area contributed by atoms with Crippen molar-refractivity contribution in [3.05, 3.63) is 112 Å². The van der Waals surface area contributed by atoms with Gasteiger partial charge in [0.1, 0.15) is 12.1 Å². The van der Waals surface area contributed by atoms with Crippen molar-refractivity contribution in [2.75, 3.05) is 0 Å². The van der Waals surface area contributed by atoms with Gasteiger partial charge in [0.05, 0.1) is 0 Å². The Morgan fingerprint density at radius 1 is 0.554 bits per heavy atom. The molecule has 0 aliphatic rings. The smallest absolute Gasteiger partial charge is 0.399 e. The Hall–Kier alpha value is -2.50. The normalized spacial score (nSPS) is 14.5. The Labute approximate surface area is 348 Å². The first-order valence-electron chi connectivity index (χ1n) is 15.2. The number of benzene rings is 3. The molecular weight excluding hydrogens is 1040 g/mol. The first-order chi connectivity index (χ1) is 25.0. The molecule has 0 saturated carbocycles. The van der Waals surface area contributed by atoms with E-state index in [4.69, 9.17) is 40.8 Å². The third-order valence-electron chi connectivity index (χ3n) is 7.93. The van der Waals surface area contributed by atoms with E-state index in [0.717, 1.165) is 36.4 Å². The molecule has 0 aliphatic carbocycles. The molecule has 0 aromatic heterocycles. The fourth-order valence-corrected chi connectivity index (χ4v) is 6.26. The largest absolute Gasteiger partial charge is 0.667 e. The molecule has 56 heavy (non-hydrogen) atoms. The average molecular weight is 1070 g/mol. The zero-order valence-corrected chi connectivity index (χ0v) is 35.6. The van der Waals surface area contributed by atoms with Gasteiger partial charge in [-0.2, -0.15) is 26.3 Å². The minimum absolute atomic E-state index is 0. The van der Waals surface area contributed by atoms with Gasteiger partial charge >= 0.3 is 39.8 Å². The van der Waals surface area contributed by atoms with Crippen LogP contribution in [-0.2, 0) is 64.3 Å². The van der Waals surface area contributed by atoms with Gasteiger partial charge in [0.2, 0.25) is 17.7 Å². The summed E-state index contributed by atoms with van der Waals surface area (Å²) in [4.78, 5) is 92.7. The van der Waals surface area contributed by atoms with E-state index in [1.807, 2.05) is 0 Å². The first kappa shape index (κ1) is 49.6. The number of hydrogen-bond acceptors (Lipinski definition) is 6. The second-order valence-electron chi connectivity index (χ2n) is 12.0. The van der Waals surface area contributed by atoms with Crippen LogP contribution in [0.2, 0.25) is 0 Å². The number of carbonyl (C=O) groups is 3. The zero-order chi connectivity index (χ0) is 41.9. The predicted molar refractivity (Wildman–Crippen MR) is 179 cm³/mol. The van der Waals surface area contributed by atoms with Crippen molar-refractivity contribution in [1.82, 2.24) is 10.6 Å². The minimum Gasteiger partial charge on any atom is -0.667 e. The molecule has 3 amide bonds. The summed E-state index contributed by atoms with van der Waals surface area (Å²) in [6.45, 7) is 0. The fraction of sp³-hybridized carbons (Fsp3) is 0.300. The summed E-state index contributed by atoms with van der Waals surface area (Å²) in [7, 11) is -17.8. The third-order valence-corrected chi connectivity index (χ3v) is 10.9. The number of nitrogens with two attached hydrogens (primary N) is 1. The second kappa shape index (κ2) is 18.6. The summed E-state index contributed by atoms with van der Waals surface area (Å²) in [6.07, 6.45) is -1.57. The maximum Gasteiger partial charge on any atom is 0.399 e. The molecule has 16 nitrogen and oxygen atoms in total. The van der Waals surface area contributed by atoms with Crippen molar-refractivity contribution >= 4 is 40.5 Å². The molecule has 0 heterocycles. The number of rotatable bonds is 17. The van der Waals surface area contributed by atoms with E-state index in [1.165, 1.54) is 0 Å². The Morgan fingerprint density at radius 2 is 0.821 bits per heavy atom. The number of carbonyl (C=O) groups excluding carboxylic acids is 3. The van der Waals surface area contributed by atoms with Crippen molar-refractivity contribution in [3.8, 4) is 0 Å². The summed E-state index contributed by atoms with van der Waals surface area (Å²) in [5, 5.41) is 4.43. The zero-order valence-electron chi connectivity index (χ0n) is 28.2. The molecule has 0 fully saturated rings. The first-order valence-corrected chi connectivity index (χ1v) is 20.0. The van der Waals surface area contributed by atoms with E-state index in [9.17, 15) is 54.4 Å². The molecule has 1 radical (unpaired) electrons. The number of alkyl halides is 6. The van der Waals surface area contributed by atoms with Gasteiger partial charge in [-0.25, -0.2) is 0 Å². The molecule has 3 unspecified atom stereocenters. The van der Waals surface area contributed by atoms with Crippen LogP contribution in [0, 0.1) is 44.1 Å². The Morgan fingerprint density at radius 3 is 1.11 bits per heavy atom. The maximum atomic E-state index is 14.2. The molecule has 26 heteroatoms. The number of amides is 3. The van der Waals surface area contributed by atoms with Crippen molar-refractivity contribution in [2.45, 2.75) is 54.4 Å². The van der Waals surface area contributed by atoms with Crippen molar-refractivity contribution in [2.24, 2.45) is 5.73 Å². The van der Waals surface area contributed by atoms with Crippen LogP contribution in [0.15, 0.2) is 72.8 Å². The number of halogens is 6. The van der Waals surface area contributed by atoms with Crippen LogP contribution < -0.4 is 16.4 Å². The van der Waals surface area contributed by atoms with Gasteiger partial charge in [0, 0.05) is 73.6 Å². The number of hydrogen-bond donors (Lipinski definition) is 9. The Bertz CT molecular complexity index is 2030. The van der Waals surface area contributed by atoms with Crippen LogP contribution in [0.5, 0.6) is 0 Å². The molecular formula is C30H32AcF6N4O12P3-. The standard InChI is InChI=1S/C30H32F6N4O12P3.Ac/c31-28(32,53(44,45)46)19-7-1-16(2-8-19)13-22(37)26(42)40-24(15-18-5-11-21(12-6-18)30(35,36)55(50,51)52)27(43)39-23(25(38)41)14-17-3-9-20(10-4-17)29(33,34)54(47,48)49;/h1-12,22-24,37H,13-15H2,(H2,38,41)(H,39,43)(H,40,42)(H2,44,45,46)(H2,47,48,49)(H2,50,51,52);/q-1;. The van der Waals surface area contributed by atoms with Crippen LogP contribution in [0.3, 0.4) is 0 Å². The van der Waals surface area contributed by atoms with Gasteiger partial charge < -0.3 is 51.5 Å². The van der Waals surface area contributed by atoms with Gasteiger partial charge in [-0.3, -0.25) is 28.1 Å². The molecule has 3 rings (SSSR count). The fourth-order valence-electron chi connectivity index (χ4n) is 4.81. The monoisotopic (exact) mass is 1070 g/mol. The summed E-state index contributed by atoms with van der Waals surface area (Å²) in [5.74, 6) is -3.56. The molecule has 3 aromatic carbocycles. The van der Waals surface area contributed by atoms with E-state index in [-0.39, 0.29) is 60.8 Å². The molecule has 0 spiro atoms. The second-order valence-corrected chi connectivity index (χ2v) is 17.0. The number of nitrogens with one attached hydrogen (secondary N) is 3. The third kappa shape index (κ3) is 12.0. The van der Waals surface area contributed by atoms with Gasteiger partial charge in [-0.15, -0.1) is 0 Å². The van der Waals surface area contributed by atoms with Gasteiger partial charge in [-0.1, -0.05) is 78.8 Å². The van der Waals surface area contributed by atoms with E-state index >= 15 is 0 Å². The SMILES string of the molecule is [Ac].[NH-]C(Cc1ccc(C(F)(F)P(=O)(O)O)cc1)C(=O)NC(Cc1ccc(C(F)(F)P(=O)(O)O)cc1)C(=O)NC(Cc1ccc(C(F)(F)P(=O)(O)O)cc1)C(N)=O. The quantitative estimate of drug-likeness (QED) is 0.0696.